The fourth-order valence-corrected chi connectivity index (χ4v) is 2.73. The van der Waals surface area contributed by atoms with Crippen molar-refractivity contribution in [2.75, 3.05) is 5.32 Å². The maximum Gasteiger partial charge on any atom is 0.250 e. The lowest BCUT2D eigenvalue weighted by Gasteiger charge is -2.16. The molecule has 0 aliphatic carbocycles. The van der Waals surface area contributed by atoms with Crippen molar-refractivity contribution in [2.24, 2.45) is 0 Å². The number of halogens is 1. The molecule has 1 aromatic heterocycles. The quantitative estimate of drug-likeness (QED) is 0.548. The fraction of sp³-hybridized carbons (Fsp3) is 0.0476. The van der Waals surface area contributed by atoms with Crippen molar-refractivity contribution in [3.05, 3.63) is 102 Å². The first-order valence-corrected chi connectivity index (χ1v) is 8.26. The lowest BCUT2D eigenvalue weighted by atomic mass is 10.1. The number of aromatic nitrogens is 2. The SMILES string of the molecule is Fc1ccccc1-c1nnc([C@H](Nc2ccccc2)c2ccccc2)o1. The van der Waals surface area contributed by atoms with Crippen molar-refractivity contribution >= 4 is 5.69 Å². The van der Waals surface area contributed by atoms with Gasteiger partial charge in [-0.25, -0.2) is 4.39 Å². The van der Waals surface area contributed by atoms with E-state index in [0.29, 0.717) is 5.89 Å². The maximum absolute atomic E-state index is 14.0. The molecule has 3 aromatic carbocycles. The van der Waals surface area contributed by atoms with Gasteiger partial charge in [0.05, 0.1) is 5.56 Å². The summed E-state index contributed by atoms with van der Waals surface area (Å²) in [6, 6.07) is 25.6. The highest BCUT2D eigenvalue weighted by Crippen LogP contribution is 2.29. The summed E-state index contributed by atoms with van der Waals surface area (Å²) in [6.07, 6.45) is 0. The molecule has 0 fully saturated rings. The van der Waals surface area contributed by atoms with Crippen molar-refractivity contribution in [3.8, 4) is 11.5 Å². The molecule has 26 heavy (non-hydrogen) atoms. The van der Waals surface area contributed by atoms with Gasteiger partial charge in [0.15, 0.2) is 0 Å². The first-order valence-electron chi connectivity index (χ1n) is 8.26. The molecule has 128 valence electrons. The third-order valence-electron chi connectivity index (χ3n) is 4.01. The van der Waals surface area contributed by atoms with Gasteiger partial charge < -0.3 is 9.73 Å². The Morgan fingerprint density at radius 2 is 1.42 bits per heavy atom. The molecular formula is C21H16FN3O. The third-order valence-corrected chi connectivity index (χ3v) is 4.01. The van der Waals surface area contributed by atoms with E-state index in [1.807, 2.05) is 60.7 Å². The minimum absolute atomic E-state index is 0.161. The van der Waals surface area contributed by atoms with Crippen LogP contribution in [0.4, 0.5) is 10.1 Å². The van der Waals surface area contributed by atoms with Gasteiger partial charge >= 0.3 is 0 Å². The predicted octanol–water partition coefficient (Wildman–Crippen LogP) is 5.08. The molecule has 0 saturated carbocycles. The molecule has 4 aromatic rings. The van der Waals surface area contributed by atoms with Gasteiger partial charge in [-0.3, -0.25) is 0 Å². The largest absolute Gasteiger partial charge is 0.418 e. The standard InChI is InChI=1S/C21H16FN3O/c22-18-14-8-7-13-17(18)20-24-25-21(26-20)19(15-9-3-1-4-10-15)23-16-11-5-2-6-12-16/h1-14,19,23H/t19-/m1/s1. The highest BCUT2D eigenvalue weighted by atomic mass is 19.1. The summed E-state index contributed by atoms with van der Waals surface area (Å²) >= 11 is 0. The normalized spacial score (nSPS) is 11.9. The zero-order valence-electron chi connectivity index (χ0n) is 13.8. The van der Waals surface area contributed by atoms with Crippen LogP contribution in [0.3, 0.4) is 0 Å². The molecule has 0 unspecified atom stereocenters. The number of anilines is 1. The molecule has 0 bridgehead atoms. The predicted molar refractivity (Wildman–Crippen MR) is 98.0 cm³/mol. The van der Waals surface area contributed by atoms with Crippen molar-refractivity contribution in [3.63, 3.8) is 0 Å². The van der Waals surface area contributed by atoms with E-state index in [1.54, 1.807) is 18.2 Å². The summed E-state index contributed by atoms with van der Waals surface area (Å²) in [7, 11) is 0. The average Bonchev–Trinajstić information content (AvgIpc) is 3.17. The molecule has 4 rings (SSSR count). The lowest BCUT2D eigenvalue weighted by molar-refractivity contribution is 0.490. The molecule has 0 aliphatic heterocycles. The van der Waals surface area contributed by atoms with Gasteiger partial charge in [-0.2, -0.15) is 0 Å². The molecule has 4 nitrogen and oxygen atoms in total. The van der Waals surface area contributed by atoms with E-state index in [-0.39, 0.29) is 17.5 Å². The average molecular weight is 345 g/mol. The number of nitrogens with one attached hydrogen (secondary N) is 1. The Labute approximate surface area is 150 Å². The highest BCUT2D eigenvalue weighted by Gasteiger charge is 2.22. The smallest absolute Gasteiger partial charge is 0.250 e. The minimum atomic E-state index is -0.394. The zero-order chi connectivity index (χ0) is 17.8. The van der Waals surface area contributed by atoms with Crippen LogP contribution >= 0.6 is 0 Å². The number of para-hydroxylation sites is 1. The Hall–Kier alpha value is -3.47. The van der Waals surface area contributed by atoms with Gasteiger partial charge in [-0.15, -0.1) is 10.2 Å². The second kappa shape index (κ2) is 7.19. The fourth-order valence-electron chi connectivity index (χ4n) is 2.73. The van der Waals surface area contributed by atoms with Crippen LogP contribution in [0, 0.1) is 5.82 Å². The lowest BCUT2D eigenvalue weighted by Crippen LogP contribution is -2.12. The van der Waals surface area contributed by atoms with Crippen LogP contribution in [-0.4, -0.2) is 10.2 Å². The van der Waals surface area contributed by atoms with Crippen LogP contribution in [0.15, 0.2) is 89.3 Å². The second-order valence-electron chi connectivity index (χ2n) is 5.78. The Balaban J connectivity index is 1.72. The molecule has 1 N–H and O–H groups in total. The first kappa shape index (κ1) is 16.0. The van der Waals surface area contributed by atoms with E-state index in [0.717, 1.165) is 11.3 Å². The first-order chi connectivity index (χ1) is 12.8. The highest BCUT2D eigenvalue weighted by molar-refractivity contribution is 5.53. The summed E-state index contributed by atoms with van der Waals surface area (Å²) in [5.41, 5.74) is 2.19. The third kappa shape index (κ3) is 3.32. The Bertz CT molecular complexity index is 986. The van der Waals surface area contributed by atoms with Crippen LogP contribution in [0.5, 0.6) is 0 Å². The Morgan fingerprint density at radius 3 is 2.15 bits per heavy atom. The maximum atomic E-state index is 14.0. The molecule has 0 amide bonds. The summed E-state index contributed by atoms with van der Waals surface area (Å²) < 4.78 is 19.8. The van der Waals surface area contributed by atoms with Crippen molar-refractivity contribution < 1.29 is 8.81 Å². The molecular weight excluding hydrogens is 329 g/mol. The van der Waals surface area contributed by atoms with E-state index in [1.165, 1.54) is 6.07 Å². The van der Waals surface area contributed by atoms with Gasteiger partial charge in [0.2, 0.25) is 5.89 Å². The van der Waals surface area contributed by atoms with Gasteiger partial charge in [-0.05, 0) is 29.8 Å². The molecule has 1 atom stereocenters. The van der Waals surface area contributed by atoms with Gasteiger partial charge in [-0.1, -0.05) is 60.7 Å². The van der Waals surface area contributed by atoms with E-state index < -0.39 is 5.82 Å². The number of nitrogens with zero attached hydrogens (tertiary/aromatic N) is 2. The Kier molecular flexibility index (Phi) is 4.43. The minimum Gasteiger partial charge on any atom is -0.418 e. The van der Waals surface area contributed by atoms with Crippen LogP contribution in [0.2, 0.25) is 0 Å². The number of hydrogen-bond acceptors (Lipinski definition) is 4. The monoisotopic (exact) mass is 345 g/mol. The van der Waals surface area contributed by atoms with E-state index in [4.69, 9.17) is 4.42 Å². The number of hydrogen-bond donors (Lipinski definition) is 1. The van der Waals surface area contributed by atoms with E-state index >= 15 is 0 Å². The Morgan fingerprint density at radius 1 is 0.769 bits per heavy atom. The van der Waals surface area contributed by atoms with Gasteiger partial charge in [0.1, 0.15) is 11.9 Å². The zero-order valence-corrected chi connectivity index (χ0v) is 13.8. The summed E-state index contributed by atoms with van der Waals surface area (Å²) in [4.78, 5) is 0. The molecule has 0 saturated heterocycles. The van der Waals surface area contributed by atoms with Crippen LogP contribution in [-0.2, 0) is 0 Å². The number of benzene rings is 3. The molecule has 0 spiro atoms. The van der Waals surface area contributed by atoms with E-state index in [9.17, 15) is 4.39 Å². The van der Waals surface area contributed by atoms with Crippen LogP contribution < -0.4 is 5.32 Å². The van der Waals surface area contributed by atoms with Gasteiger partial charge in [0, 0.05) is 5.69 Å². The van der Waals surface area contributed by atoms with Crippen molar-refractivity contribution in [1.82, 2.24) is 10.2 Å². The summed E-state index contributed by atoms with van der Waals surface area (Å²) in [5, 5.41) is 11.6. The summed E-state index contributed by atoms with van der Waals surface area (Å²) in [6.45, 7) is 0. The van der Waals surface area contributed by atoms with Crippen molar-refractivity contribution in [2.45, 2.75) is 6.04 Å². The molecule has 1 heterocycles. The second-order valence-corrected chi connectivity index (χ2v) is 5.78. The molecule has 0 aliphatic rings. The topological polar surface area (TPSA) is 51.0 Å². The summed E-state index contributed by atoms with van der Waals surface area (Å²) in [5.74, 6) is 0.141. The van der Waals surface area contributed by atoms with Crippen LogP contribution in [0.25, 0.3) is 11.5 Å². The molecule has 0 radical (unpaired) electrons. The number of rotatable bonds is 5. The molecule has 5 heteroatoms. The van der Waals surface area contributed by atoms with Crippen LogP contribution in [0.1, 0.15) is 17.5 Å². The van der Waals surface area contributed by atoms with Gasteiger partial charge in [0.25, 0.3) is 5.89 Å². The van der Waals surface area contributed by atoms with E-state index in [2.05, 4.69) is 15.5 Å². The van der Waals surface area contributed by atoms with Crippen molar-refractivity contribution in [1.29, 1.82) is 0 Å².